The Morgan fingerprint density at radius 3 is 2.41 bits per heavy atom. The molecule has 0 N–H and O–H groups in total. The molecule has 2 aromatic rings. The van der Waals surface area contributed by atoms with E-state index in [1.165, 1.54) is 24.8 Å². The van der Waals surface area contributed by atoms with E-state index < -0.39 is 0 Å². The molecular formula is C15H16O2. The quantitative estimate of drug-likeness (QED) is 0.691. The smallest absolute Gasteiger partial charge is 0.343 e. The number of rotatable bonds is 0. The van der Waals surface area contributed by atoms with Crippen LogP contribution in [0.15, 0.2) is 33.5 Å². The van der Waals surface area contributed by atoms with Crippen LogP contribution in [-0.4, -0.2) is 0 Å². The van der Waals surface area contributed by atoms with Gasteiger partial charge >= 0.3 is 5.63 Å². The Labute approximate surface area is 100 Å². The normalized spacial score (nSPS) is 16.2. The lowest BCUT2D eigenvalue weighted by Gasteiger charge is -2.14. The van der Waals surface area contributed by atoms with Crippen LogP contribution in [0.4, 0.5) is 0 Å². The Bertz CT molecular complexity index is 595. The molecule has 2 heteroatoms. The maximum Gasteiger partial charge on any atom is 0.343 e. The summed E-state index contributed by atoms with van der Waals surface area (Å²) in [6.07, 6.45) is 6.82. The van der Waals surface area contributed by atoms with Crippen LogP contribution in [-0.2, 0) is 12.8 Å². The third-order valence-electron chi connectivity index (χ3n) is 3.61. The Hall–Kier alpha value is -1.57. The SMILES string of the molecule is O=c1oc2c(c3ccccc13)CCCCCC2. The van der Waals surface area contributed by atoms with Crippen LogP contribution in [0.2, 0.25) is 0 Å². The van der Waals surface area contributed by atoms with Gasteiger partial charge in [0.2, 0.25) is 0 Å². The van der Waals surface area contributed by atoms with Crippen molar-refractivity contribution >= 4 is 10.8 Å². The molecule has 0 fully saturated rings. The molecule has 1 aromatic carbocycles. The van der Waals surface area contributed by atoms with Crippen LogP contribution in [0.25, 0.3) is 10.8 Å². The molecule has 0 saturated carbocycles. The van der Waals surface area contributed by atoms with E-state index in [9.17, 15) is 4.79 Å². The lowest BCUT2D eigenvalue weighted by molar-refractivity contribution is 0.439. The lowest BCUT2D eigenvalue weighted by Crippen LogP contribution is -2.08. The number of hydrogen-bond donors (Lipinski definition) is 0. The Balaban J connectivity index is 2.28. The molecule has 1 aliphatic carbocycles. The molecule has 0 bridgehead atoms. The average Bonchev–Trinajstić information content (AvgIpc) is 2.32. The third-order valence-corrected chi connectivity index (χ3v) is 3.61. The van der Waals surface area contributed by atoms with Gasteiger partial charge in [-0.1, -0.05) is 31.0 Å². The van der Waals surface area contributed by atoms with Crippen molar-refractivity contribution in [1.29, 1.82) is 0 Å². The van der Waals surface area contributed by atoms with E-state index in [-0.39, 0.29) is 5.63 Å². The number of aryl methyl sites for hydroxylation is 2. The highest BCUT2D eigenvalue weighted by Gasteiger charge is 2.14. The molecule has 1 heterocycles. The van der Waals surface area contributed by atoms with Crippen LogP contribution >= 0.6 is 0 Å². The van der Waals surface area contributed by atoms with Crippen molar-refractivity contribution in [2.24, 2.45) is 0 Å². The molecule has 88 valence electrons. The molecule has 1 aromatic heterocycles. The van der Waals surface area contributed by atoms with E-state index in [4.69, 9.17) is 4.42 Å². The summed E-state index contributed by atoms with van der Waals surface area (Å²) in [5.74, 6) is 0.924. The van der Waals surface area contributed by atoms with Crippen molar-refractivity contribution in [2.75, 3.05) is 0 Å². The minimum atomic E-state index is -0.181. The fourth-order valence-corrected chi connectivity index (χ4v) is 2.72. The van der Waals surface area contributed by atoms with E-state index in [0.717, 1.165) is 35.8 Å². The van der Waals surface area contributed by atoms with Crippen LogP contribution in [0.3, 0.4) is 0 Å². The van der Waals surface area contributed by atoms with Crippen LogP contribution in [0, 0.1) is 0 Å². The van der Waals surface area contributed by atoms with Gasteiger partial charge in [0.05, 0.1) is 5.39 Å². The molecule has 0 aliphatic heterocycles. The molecule has 0 radical (unpaired) electrons. The first-order valence-corrected chi connectivity index (χ1v) is 6.40. The van der Waals surface area contributed by atoms with Gasteiger partial charge in [-0.2, -0.15) is 0 Å². The Morgan fingerprint density at radius 2 is 1.59 bits per heavy atom. The second-order valence-corrected chi connectivity index (χ2v) is 4.75. The van der Waals surface area contributed by atoms with E-state index in [1.807, 2.05) is 24.3 Å². The van der Waals surface area contributed by atoms with Gasteiger partial charge in [0, 0.05) is 6.42 Å². The molecule has 1 aliphatic rings. The van der Waals surface area contributed by atoms with Gasteiger partial charge in [0.1, 0.15) is 5.76 Å². The fourth-order valence-electron chi connectivity index (χ4n) is 2.72. The summed E-state index contributed by atoms with van der Waals surface area (Å²) in [6.45, 7) is 0. The van der Waals surface area contributed by atoms with E-state index in [2.05, 4.69) is 0 Å². The monoisotopic (exact) mass is 228 g/mol. The van der Waals surface area contributed by atoms with Crippen molar-refractivity contribution in [1.82, 2.24) is 0 Å². The fraction of sp³-hybridized carbons (Fsp3) is 0.400. The first kappa shape index (κ1) is 10.6. The number of fused-ring (bicyclic) bond motifs is 3. The highest BCUT2D eigenvalue weighted by atomic mass is 16.4. The van der Waals surface area contributed by atoms with Crippen molar-refractivity contribution in [3.05, 3.63) is 46.0 Å². The van der Waals surface area contributed by atoms with Crippen molar-refractivity contribution in [2.45, 2.75) is 38.5 Å². The summed E-state index contributed by atoms with van der Waals surface area (Å²) in [4.78, 5) is 11.9. The molecule has 0 unspecified atom stereocenters. The Kier molecular flexibility index (Phi) is 2.71. The summed E-state index contributed by atoms with van der Waals surface area (Å²) >= 11 is 0. The van der Waals surface area contributed by atoms with E-state index in [0.29, 0.717) is 0 Å². The largest absolute Gasteiger partial charge is 0.427 e. The molecule has 0 atom stereocenters. The minimum absolute atomic E-state index is 0.181. The topological polar surface area (TPSA) is 30.2 Å². The molecule has 0 saturated heterocycles. The predicted octanol–water partition coefficient (Wildman–Crippen LogP) is 3.45. The van der Waals surface area contributed by atoms with Crippen LogP contribution in [0.5, 0.6) is 0 Å². The second kappa shape index (κ2) is 4.36. The number of benzene rings is 1. The summed E-state index contributed by atoms with van der Waals surface area (Å²) in [5.41, 5.74) is 1.08. The maximum atomic E-state index is 11.9. The zero-order chi connectivity index (χ0) is 11.7. The van der Waals surface area contributed by atoms with Gasteiger partial charge in [0.25, 0.3) is 0 Å². The Morgan fingerprint density at radius 1 is 0.882 bits per heavy atom. The first-order valence-electron chi connectivity index (χ1n) is 6.40. The minimum Gasteiger partial charge on any atom is -0.427 e. The molecular weight excluding hydrogens is 212 g/mol. The molecule has 17 heavy (non-hydrogen) atoms. The van der Waals surface area contributed by atoms with Crippen LogP contribution in [0.1, 0.15) is 37.0 Å². The van der Waals surface area contributed by atoms with Gasteiger partial charge in [0.15, 0.2) is 0 Å². The third kappa shape index (κ3) is 1.88. The second-order valence-electron chi connectivity index (χ2n) is 4.75. The zero-order valence-corrected chi connectivity index (χ0v) is 9.87. The summed E-state index contributed by atoms with van der Waals surface area (Å²) in [7, 11) is 0. The molecule has 3 rings (SSSR count). The number of hydrogen-bond acceptors (Lipinski definition) is 2. The molecule has 0 amide bonds. The highest BCUT2D eigenvalue weighted by molar-refractivity contribution is 5.84. The van der Waals surface area contributed by atoms with Crippen molar-refractivity contribution in [3.63, 3.8) is 0 Å². The summed E-state index contributed by atoms with van der Waals surface area (Å²) in [6, 6.07) is 7.81. The zero-order valence-electron chi connectivity index (χ0n) is 9.87. The van der Waals surface area contributed by atoms with E-state index in [1.54, 1.807) is 0 Å². The first-order chi connectivity index (χ1) is 8.36. The highest BCUT2D eigenvalue weighted by Crippen LogP contribution is 2.25. The van der Waals surface area contributed by atoms with Gasteiger partial charge in [-0.15, -0.1) is 0 Å². The molecule has 0 spiro atoms. The van der Waals surface area contributed by atoms with E-state index >= 15 is 0 Å². The van der Waals surface area contributed by atoms with Gasteiger partial charge in [-0.25, -0.2) is 4.79 Å². The van der Waals surface area contributed by atoms with Crippen molar-refractivity contribution in [3.8, 4) is 0 Å². The van der Waals surface area contributed by atoms with Gasteiger partial charge in [-0.05, 0) is 36.3 Å². The van der Waals surface area contributed by atoms with Gasteiger partial charge in [-0.3, -0.25) is 0 Å². The average molecular weight is 228 g/mol. The summed E-state index contributed by atoms with van der Waals surface area (Å²) < 4.78 is 5.49. The standard InChI is InChI=1S/C15H16O2/c16-15-13-9-6-5-7-11(13)12-8-3-1-2-4-10-14(12)17-15/h5-7,9H,1-4,8,10H2. The maximum absolute atomic E-state index is 11.9. The summed E-state index contributed by atoms with van der Waals surface area (Å²) in [5, 5.41) is 1.83. The van der Waals surface area contributed by atoms with Crippen LogP contribution < -0.4 is 5.63 Å². The molecule has 2 nitrogen and oxygen atoms in total. The lowest BCUT2D eigenvalue weighted by atomic mass is 9.94. The van der Waals surface area contributed by atoms with Gasteiger partial charge < -0.3 is 4.42 Å². The van der Waals surface area contributed by atoms with Crippen molar-refractivity contribution < 1.29 is 4.42 Å². The predicted molar refractivity (Wildman–Crippen MR) is 68.4 cm³/mol.